The molecule has 1 unspecified atom stereocenters. The number of halogens is 3. The Kier molecular flexibility index (Phi) is 7.02. The normalized spacial score (nSPS) is 16.6. The molecule has 0 amide bonds. The van der Waals surface area contributed by atoms with Gasteiger partial charge in [-0.1, -0.05) is 44.2 Å². The second-order valence-electron chi connectivity index (χ2n) is 8.78. The van der Waals surface area contributed by atoms with Crippen molar-refractivity contribution in [2.45, 2.75) is 58.0 Å². The smallest absolute Gasteiger partial charge is 0.317 e. The minimum atomic E-state index is -4.35. The van der Waals surface area contributed by atoms with Gasteiger partial charge in [-0.3, -0.25) is 4.79 Å². The molecule has 0 saturated carbocycles. The third-order valence-electron chi connectivity index (χ3n) is 5.93. The second kappa shape index (κ2) is 9.34. The van der Waals surface area contributed by atoms with E-state index in [2.05, 4.69) is 31.3 Å². The molecule has 1 aliphatic heterocycles. The van der Waals surface area contributed by atoms with Crippen molar-refractivity contribution in [3.05, 3.63) is 59.2 Å². The largest absolute Gasteiger partial charge is 0.416 e. The lowest BCUT2D eigenvalue weighted by molar-refractivity contribution is -0.137. The zero-order chi connectivity index (χ0) is 21.9. The maximum Gasteiger partial charge on any atom is 0.416 e. The summed E-state index contributed by atoms with van der Waals surface area (Å²) in [5.41, 5.74) is 3.13. The number of carbonyl (C=O) groups excluding carboxylic acids is 1. The SMILES string of the molecule is CC(=O)C(CC(C)C)c1cc(-c2ccc(C(F)(F)F)cc2)cc(C2CCNCC2)c1. The van der Waals surface area contributed by atoms with Gasteiger partial charge in [0.2, 0.25) is 0 Å². The van der Waals surface area contributed by atoms with Crippen LogP contribution >= 0.6 is 0 Å². The van der Waals surface area contributed by atoms with E-state index in [-0.39, 0.29) is 11.7 Å². The highest BCUT2D eigenvalue weighted by Gasteiger charge is 2.30. The molecule has 1 heterocycles. The molecule has 0 spiro atoms. The van der Waals surface area contributed by atoms with Gasteiger partial charge in [-0.2, -0.15) is 13.2 Å². The van der Waals surface area contributed by atoms with Gasteiger partial charge in [0, 0.05) is 5.92 Å². The minimum Gasteiger partial charge on any atom is -0.317 e. The monoisotopic (exact) mass is 417 g/mol. The summed E-state index contributed by atoms with van der Waals surface area (Å²) < 4.78 is 38.9. The lowest BCUT2D eigenvalue weighted by Crippen LogP contribution is -2.26. The summed E-state index contributed by atoms with van der Waals surface area (Å²) in [7, 11) is 0. The van der Waals surface area contributed by atoms with E-state index in [1.54, 1.807) is 6.92 Å². The fourth-order valence-electron chi connectivity index (χ4n) is 4.30. The molecule has 1 saturated heterocycles. The highest BCUT2D eigenvalue weighted by atomic mass is 19.4. The van der Waals surface area contributed by atoms with Crippen LogP contribution in [0.5, 0.6) is 0 Å². The highest BCUT2D eigenvalue weighted by Crippen LogP contribution is 2.36. The molecule has 2 nitrogen and oxygen atoms in total. The maximum atomic E-state index is 13.0. The topological polar surface area (TPSA) is 29.1 Å². The number of rotatable bonds is 6. The number of hydrogen-bond acceptors (Lipinski definition) is 2. The first-order chi connectivity index (χ1) is 14.1. The van der Waals surface area contributed by atoms with Crippen LogP contribution in [0.1, 0.15) is 68.6 Å². The molecule has 1 atom stereocenters. The predicted molar refractivity (Wildman–Crippen MR) is 115 cm³/mol. The van der Waals surface area contributed by atoms with Crippen LogP contribution in [0.15, 0.2) is 42.5 Å². The summed E-state index contributed by atoms with van der Waals surface area (Å²) in [6.07, 6.45) is -1.55. The minimum absolute atomic E-state index is 0.129. The Morgan fingerprint density at radius 2 is 1.67 bits per heavy atom. The van der Waals surface area contributed by atoms with Crippen LogP contribution in [0.4, 0.5) is 13.2 Å². The molecule has 30 heavy (non-hydrogen) atoms. The average Bonchev–Trinajstić information content (AvgIpc) is 2.71. The Morgan fingerprint density at radius 1 is 1.03 bits per heavy atom. The van der Waals surface area contributed by atoms with Gasteiger partial charge in [0.15, 0.2) is 0 Å². The molecule has 2 aromatic rings. The molecule has 0 aliphatic carbocycles. The number of Topliss-reactive ketones (excluding diaryl/α,β-unsaturated/α-hetero) is 1. The van der Waals surface area contributed by atoms with Crippen LogP contribution in [0.2, 0.25) is 0 Å². The van der Waals surface area contributed by atoms with E-state index in [4.69, 9.17) is 0 Å². The van der Waals surface area contributed by atoms with Crippen LogP contribution in [0, 0.1) is 5.92 Å². The third-order valence-corrected chi connectivity index (χ3v) is 5.93. The first-order valence-corrected chi connectivity index (χ1v) is 10.7. The predicted octanol–water partition coefficient (Wildman–Crippen LogP) is 6.56. The van der Waals surface area contributed by atoms with Crippen molar-refractivity contribution in [2.24, 2.45) is 5.92 Å². The number of piperidine rings is 1. The molecule has 1 N–H and O–H groups in total. The average molecular weight is 418 g/mol. The third kappa shape index (κ3) is 5.51. The van der Waals surface area contributed by atoms with Gasteiger partial charge in [0.1, 0.15) is 5.78 Å². The number of benzene rings is 2. The van der Waals surface area contributed by atoms with E-state index in [1.165, 1.54) is 17.7 Å². The Hall–Kier alpha value is -2.14. The molecule has 3 rings (SSSR count). The van der Waals surface area contributed by atoms with Crippen molar-refractivity contribution < 1.29 is 18.0 Å². The molecule has 0 radical (unpaired) electrons. The number of carbonyl (C=O) groups is 1. The first kappa shape index (κ1) is 22.5. The molecule has 2 aromatic carbocycles. The summed E-state index contributed by atoms with van der Waals surface area (Å²) in [5.74, 6) is 0.700. The molecule has 0 aromatic heterocycles. The molecule has 1 aliphatic rings. The number of hydrogen-bond donors (Lipinski definition) is 1. The van der Waals surface area contributed by atoms with Crippen molar-refractivity contribution in [1.29, 1.82) is 0 Å². The number of ketones is 1. The van der Waals surface area contributed by atoms with E-state index in [1.807, 2.05) is 6.07 Å². The van der Waals surface area contributed by atoms with Crippen molar-refractivity contribution in [3.8, 4) is 11.1 Å². The van der Waals surface area contributed by atoms with Gasteiger partial charge >= 0.3 is 6.18 Å². The highest BCUT2D eigenvalue weighted by molar-refractivity contribution is 5.84. The molecule has 1 fully saturated rings. The van der Waals surface area contributed by atoms with Gasteiger partial charge in [-0.05, 0) is 85.5 Å². The van der Waals surface area contributed by atoms with Gasteiger partial charge < -0.3 is 5.32 Å². The van der Waals surface area contributed by atoms with E-state index in [9.17, 15) is 18.0 Å². The maximum absolute atomic E-state index is 13.0. The Morgan fingerprint density at radius 3 is 2.20 bits per heavy atom. The van der Waals surface area contributed by atoms with E-state index in [0.29, 0.717) is 11.8 Å². The van der Waals surface area contributed by atoms with Crippen molar-refractivity contribution in [3.63, 3.8) is 0 Å². The fourth-order valence-corrected chi connectivity index (χ4v) is 4.30. The van der Waals surface area contributed by atoms with Gasteiger partial charge in [-0.25, -0.2) is 0 Å². The van der Waals surface area contributed by atoms with Crippen LogP contribution < -0.4 is 5.32 Å². The molecular weight excluding hydrogens is 387 g/mol. The van der Waals surface area contributed by atoms with Crippen molar-refractivity contribution >= 4 is 5.78 Å². The number of nitrogens with one attached hydrogen (secondary N) is 1. The number of alkyl halides is 3. The lowest BCUT2D eigenvalue weighted by atomic mass is 9.81. The van der Waals surface area contributed by atoms with Gasteiger partial charge in [0.05, 0.1) is 5.56 Å². The van der Waals surface area contributed by atoms with Crippen LogP contribution in [-0.4, -0.2) is 18.9 Å². The van der Waals surface area contributed by atoms with Gasteiger partial charge in [-0.15, -0.1) is 0 Å². The zero-order valence-corrected chi connectivity index (χ0v) is 17.9. The second-order valence-corrected chi connectivity index (χ2v) is 8.78. The summed E-state index contributed by atoms with van der Waals surface area (Å²) in [5, 5.41) is 3.37. The first-order valence-electron chi connectivity index (χ1n) is 10.7. The Balaban J connectivity index is 2.06. The summed E-state index contributed by atoms with van der Waals surface area (Å²) in [4.78, 5) is 12.4. The van der Waals surface area contributed by atoms with Gasteiger partial charge in [0.25, 0.3) is 0 Å². The van der Waals surface area contributed by atoms with Crippen LogP contribution in [-0.2, 0) is 11.0 Å². The van der Waals surface area contributed by atoms with Crippen LogP contribution in [0.25, 0.3) is 11.1 Å². The quantitative estimate of drug-likeness (QED) is 0.577. The van der Waals surface area contributed by atoms with E-state index >= 15 is 0 Å². The molecule has 162 valence electrons. The van der Waals surface area contributed by atoms with Crippen LogP contribution in [0.3, 0.4) is 0 Å². The van der Waals surface area contributed by atoms with E-state index < -0.39 is 11.7 Å². The lowest BCUT2D eigenvalue weighted by Gasteiger charge is -2.26. The summed E-state index contributed by atoms with van der Waals surface area (Å²) in [6.45, 7) is 7.73. The summed E-state index contributed by atoms with van der Waals surface area (Å²) in [6, 6.07) is 11.5. The molecule has 5 heteroatoms. The summed E-state index contributed by atoms with van der Waals surface area (Å²) >= 11 is 0. The molecular formula is C25H30F3NO. The van der Waals surface area contributed by atoms with Crippen molar-refractivity contribution in [1.82, 2.24) is 5.32 Å². The van der Waals surface area contributed by atoms with E-state index in [0.717, 1.165) is 61.2 Å². The van der Waals surface area contributed by atoms with Crippen molar-refractivity contribution in [2.75, 3.05) is 13.1 Å². The zero-order valence-electron chi connectivity index (χ0n) is 17.9. The Bertz CT molecular complexity index is 865. The molecule has 0 bridgehead atoms. The standard InChI is InChI=1S/C25H30F3NO/c1-16(2)12-24(17(3)30)22-14-20(13-21(15-22)19-8-10-29-11-9-19)18-4-6-23(7-5-18)25(26,27)28/h4-7,13-16,19,24,29H,8-12H2,1-3H3. The fraction of sp³-hybridized carbons (Fsp3) is 0.480. The Labute approximate surface area is 176 Å².